The van der Waals surface area contributed by atoms with Crippen LogP contribution in [0.4, 0.5) is 15.9 Å². The summed E-state index contributed by atoms with van der Waals surface area (Å²) in [6.07, 6.45) is 7.89. The Kier molecular flexibility index (Phi) is 5.83. The van der Waals surface area contributed by atoms with Crippen molar-refractivity contribution >= 4 is 23.1 Å². The Balaban J connectivity index is 1.57. The van der Waals surface area contributed by atoms with E-state index in [0.717, 1.165) is 16.8 Å². The van der Waals surface area contributed by atoms with Crippen LogP contribution in [0.2, 0.25) is 5.02 Å². The van der Waals surface area contributed by atoms with Crippen molar-refractivity contribution in [2.45, 2.75) is 13.5 Å². The summed E-state index contributed by atoms with van der Waals surface area (Å²) < 4.78 is 15.0. The van der Waals surface area contributed by atoms with Gasteiger partial charge in [-0.3, -0.25) is 15.0 Å². The van der Waals surface area contributed by atoms with Crippen LogP contribution >= 0.6 is 11.6 Å². The summed E-state index contributed by atoms with van der Waals surface area (Å²) in [5.74, 6) is -0.413. The molecule has 1 N–H and O–H groups in total. The maximum atomic E-state index is 15.0. The van der Waals surface area contributed by atoms with E-state index in [1.165, 1.54) is 12.4 Å². The van der Waals surface area contributed by atoms with Crippen LogP contribution < -0.4 is 5.32 Å². The Bertz CT molecular complexity index is 1300. The molecule has 0 spiro atoms. The van der Waals surface area contributed by atoms with Crippen molar-refractivity contribution in [3.8, 4) is 22.4 Å². The van der Waals surface area contributed by atoms with Crippen molar-refractivity contribution in [1.82, 2.24) is 19.9 Å². The fourth-order valence-corrected chi connectivity index (χ4v) is 3.30. The van der Waals surface area contributed by atoms with Gasteiger partial charge in [0.2, 0.25) is 5.69 Å². The molecule has 0 saturated carbocycles. The van der Waals surface area contributed by atoms with E-state index in [-0.39, 0.29) is 12.4 Å². The number of aromatic nitrogens is 4. The summed E-state index contributed by atoms with van der Waals surface area (Å²) in [6, 6.07) is 8.64. The largest absolute Gasteiger partial charge is 0.364 e. The van der Waals surface area contributed by atoms with Gasteiger partial charge in [0.25, 0.3) is 0 Å². The van der Waals surface area contributed by atoms with Gasteiger partial charge in [-0.1, -0.05) is 11.6 Å². The SMILES string of the molecule is [C-]#[N+]c1cc(CNc2nccc(-c3cncc(Cl)c3)c2F)cnc1-c1ccnc(C)c1. The minimum absolute atomic E-state index is 0.0932. The van der Waals surface area contributed by atoms with Crippen LogP contribution in [0.5, 0.6) is 0 Å². The first-order chi connectivity index (χ1) is 15.0. The Hall–Kier alpha value is -3.89. The van der Waals surface area contributed by atoms with E-state index in [4.69, 9.17) is 18.2 Å². The molecule has 4 rings (SSSR count). The van der Waals surface area contributed by atoms with Crippen LogP contribution in [-0.2, 0) is 6.54 Å². The van der Waals surface area contributed by atoms with Crippen LogP contribution in [0, 0.1) is 19.3 Å². The molecule has 0 aliphatic rings. The monoisotopic (exact) mass is 430 g/mol. The number of rotatable bonds is 5. The number of aryl methyl sites for hydroxylation is 1. The van der Waals surface area contributed by atoms with Crippen LogP contribution in [0.15, 0.2) is 61.3 Å². The molecule has 0 unspecified atom stereocenters. The lowest BCUT2D eigenvalue weighted by Crippen LogP contribution is -2.05. The molecule has 4 heterocycles. The lowest BCUT2D eigenvalue weighted by atomic mass is 10.1. The molecular formula is C23H16ClFN6. The number of anilines is 1. The molecule has 0 saturated heterocycles. The third kappa shape index (κ3) is 4.49. The number of pyridine rings is 4. The van der Waals surface area contributed by atoms with Gasteiger partial charge < -0.3 is 5.32 Å². The van der Waals surface area contributed by atoms with Crippen molar-refractivity contribution in [2.75, 3.05) is 5.32 Å². The van der Waals surface area contributed by atoms with E-state index in [1.54, 1.807) is 36.8 Å². The van der Waals surface area contributed by atoms with Gasteiger partial charge in [0.1, 0.15) is 0 Å². The van der Waals surface area contributed by atoms with Crippen molar-refractivity contribution in [1.29, 1.82) is 0 Å². The first kappa shape index (κ1) is 20.4. The summed E-state index contributed by atoms with van der Waals surface area (Å²) in [5.41, 5.74) is 4.31. The van der Waals surface area contributed by atoms with Gasteiger partial charge in [0.15, 0.2) is 11.6 Å². The zero-order chi connectivity index (χ0) is 21.8. The van der Waals surface area contributed by atoms with E-state index in [0.29, 0.717) is 27.5 Å². The van der Waals surface area contributed by atoms with E-state index >= 15 is 0 Å². The second kappa shape index (κ2) is 8.86. The molecule has 0 aliphatic carbocycles. The number of hydrogen-bond acceptors (Lipinski definition) is 5. The molecule has 0 amide bonds. The minimum Gasteiger partial charge on any atom is -0.364 e. The smallest absolute Gasteiger partial charge is 0.213 e. The topological polar surface area (TPSA) is 68.0 Å². The number of nitrogens with one attached hydrogen (secondary N) is 1. The molecule has 0 aromatic carbocycles. The fourth-order valence-electron chi connectivity index (χ4n) is 3.13. The lowest BCUT2D eigenvalue weighted by molar-refractivity contribution is 0.627. The average Bonchev–Trinajstić information content (AvgIpc) is 2.78. The highest BCUT2D eigenvalue weighted by molar-refractivity contribution is 6.30. The number of hydrogen-bond donors (Lipinski definition) is 1. The van der Waals surface area contributed by atoms with Crippen LogP contribution in [0.1, 0.15) is 11.3 Å². The van der Waals surface area contributed by atoms with Gasteiger partial charge in [-0.05, 0) is 48.4 Å². The summed E-state index contributed by atoms with van der Waals surface area (Å²) >= 11 is 5.97. The van der Waals surface area contributed by atoms with E-state index in [9.17, 15) is 4.39 Å². The van der Waals surface area contributed by atoms with E-state index in [1.807, 2.05) is 19.1 Å². The van der Waals surface area contributed by atoms with E-state index in [2.05, 4.69) is 30.1 Å². The highest BCUT2D eigenvalue weighted by Crippen LogP contribution is 2.30. The molecule has 0 bridgehead atoms. The predicted molar refractivity (Wildman–Crippen MR) is 118 cm³/mol. The lowest BCUT2D eigenvalue weighted by Gasteiger charge is -2.11. The minimum atomic E-state index is -0.506. The molecule has 6 nitrogen and oxygen atoms in total. The molecule has 0 atom stereocenters. The molecule has 4 aromatic heterocycles. The third-order valence-electron chi connectivity index (χ3n) is 4.58. The fraction of sp³-hybridized carbons (Fsp3) is 0.0870. The van der Waals surface area contributed by atoms with E-state index < -0.39 is 5.82 Å². The molecule has 152 valence electrons. The van der Waals surface area contributed by atoms with Gasteiger partial charge in [-0.25, -0.2) is 14.2 Å². The first-order valence-corrected chi connectivity index (χ1v) is 9.71. The summed E-state index contributed by atoms with van der Waals surface area (Å²) in [4.78, 5) is 20.3. The van der Waals surface area contributed by atoms with Crippen LogP contribution in [0.3, 0.4) is 0 Å². The second-order valence-corrected chi connectivity index (χ2v) is 7.21. The van der Waals surface area contributed by atoms with Crippen LogP contribution in [-0.4, -0.2) is 19.9 Å². The molecular weight excluding hydrogens is 415 g/mol. The summed E-state index contributed by atoms with van der Waals surface area (Å²) in [5, 5.41) is 3.40. The quantitative estimate of drug-likeness (QED) is 0.401. The predicted octanol–water partition coefficient (Wildman–Crippen LogP) is 5.86. The highest BCUT2D eigenvalue weighted by Gasteiger charge is 2.13. The Morgan fingerprint density at radius 3 is 2.65 bits per heavy atom. The standard InChI is InChI=1S/C23H16ClFN6/c1-14-7-16(3-5-28-14)22-20(26-2)8-15(10-30-22)11-31-23-21(25)19(4-6-29-23)17-9-18(24)13-27-12-17/h3-10,12-13H,11H2,1H3,(H,29,31). The van der Waals surface area contributed by atoms with Crippen molar-refractivity contribution in [2.24, 2.45) is 0 Å². The van der Waals surface area contributed by atoms with Gasteiger partial charge in [-0.15, -0.1) is 0 Å². The highest BCUT2D eigenvalue weighted by atomic mass is 35.5. The normalized spacial score (nSPS) is 10.5. The maximum absolute atomic E-state index is 15.0. The summed E-state index contributed by atoms with van der Waals surface area (Å²) in [7, 11) is 0. The van der Waals surface area contributed by atoms with Crippen molar-refractivity contribution in [3.63, 3.8) is 0 Å². The Morgan fingerprint density at radius 1 is 1.03 bits per heavy atom. The second-order valence-electron chi connectivity index (χ2n) is 6.78. The Labute approximate surface area is 183 Å². The maximum Gasteiger partial charge on any atom is 0.213 e. The third-order valence-corrected chi connectivity index (χ3v) is 4.79. The van der Waals surface area contributed by atoms with Crippen molar-refractivity contribution in [3.05, 3.63) is 94.8 Å². The van der Waals surface area contributed by atoms with Crippen molar-refractivity contribution < 1.29 is 4.39 Å². The number of halogens is 2. The Morgan fingerprint density at radius 2 is 1.87 bits per heavy atom. The molecule has 4 aromatic rings. The molecule has 31 heavy (non-hydrogen) atoms. The average molecular weight is 431 g/mol. The number of nitrogens with zero attached hydrogens (tertiary/aromatic N) is 5. The molecule has 0 aliphatic heterocycles. The van der Waals surface area contributed by atoms with Gasteiger partial charge in [0.05, 0.1) is 17.3 Å². The van der Waals surface area contributed by atoms with Crippen LogP contribution in [0.25, 0.3) is 27.2 Å². The zero-order valence-electron chi connectivity index (χ0n) is 16.5. The van der Waals surface area contributed by atoms with Gasteiger partial charge in [0, 0.05) is 54.3 Å². The summed E-state index contributed by atoms with van der Waals surface area (Å²) in [6.45, 7) is 9.65. The van der Waals surface area contributed by atoms with Gasteiger partial charge in [-0.2, -0.15) is 0 Å². The molecule has 0 radical (unpaired) electrons. The van der Waals surface area contributed by atoms with Gasteiger partial charge >= 0.3 is 0 Å². The molecule has 0 fully saturated rings. The first-order valence-electron chi connectivity index (χ1n) is 9.34. The zero-order valence-corrected chi connectivity index (χ0v) is 17.2. The molecule has 8 heteroatoms.